The summed E-state index contributed by atoms with van der Waals surface area (Å²) in [5, 5.41) is 9.13. The van der Waals surface area contributed by atoms with Crippen molar-refractivity contribution in [2.75, 3.05) is 13.1 Å². The molecule has 0 aliphatic carbocycles. The summed E-state index contributed by atoms with van der Waals surface area (Å²) in [6.45, 7) is 5.92. The Bertz CT molecular complexity index is 504. The van der Waals surface area contributed by atoms with Crippen LogP contribution >= 0.6 is 0 Å². The summed E-state index contributed by atoms with van der Waals surface area (Å²) in [7, 11) is 0. The van der Waals surface area contributed by atoms with Crippen molar-refractivity contribution in [3.05, 3.63) is 35.9 Å². The average molecular weight is 303 g/mol. The van der Waals surface area contributed by atoms with Crippen molar-refractivity contribution in [2.24, 2.45) is 11.8 Å². The molecule has 1 saturated heterocycles. The van der Waals surface area contributed by atoms with E-state index in [2.05, 4.69) is 13.8 Å². The number of aliphatic carboxylic acids is 1. The first kappa shape index (κ1) is 16.5. The van der Waals surface area contributed by atoms with E-state index in [4.69, 9.17) is 5.11 Å². The molecule has 0 radical (unpaired) electrons. The highest BCUT2D eigenvalue weighted by Gasteiger charge is 2.28. The van der Waals surface area contributed by atoms with Gasteiger partial charge in [0.25, 0.3) is 0 Å². The molecule has 1 aliphatic heterocycles. The molecule has 3 atom stereocenters. The van der Waals surface area contributed by atoms with Crippen LogP contribution in [0, 0.1) is 11.8 Å². The highest BCUT2D eigenvalue weighted by molar-refractivity contribution is 5.78. The summed E-state index contributed by atoms with van der Waals surface area (Å²) >= 11 is 0. The van der Waals surface area contributed by atoms with E-state index in [9.17, 15) is 9.59 Å². The van der Waals surface area contributed by atoms with Crippen LogP contribution < -0.4 is 0 Å². The molecule has 1 N–H and O–H groups in total. The Hall–Kier alpha value is -1.84. The summed E-state index contributed by atoms with van der Waals surface area (Å²) in [5.74, 6) is -0.000951. The van der Waals surface area contributed by atoms with Crippen LogP contribution in [0.15, 0.2) is 30.3 Å². The Labute approximate surface area is 132 Å². The molecule has 0 bridgehead atoms. The van der Waals surface area contributed by atoms with Crippen LogP contribution in [0.3, 0.4) is 0 Å². The van der Waals surface area contributed by atoms with E-state index in [0.717, 1.165) is 25.1 Å². The number of piperidine rings is 1. The number of carboxylic acid groups (broad SMARTS) is 1. The number of benzene rings is 1. The van der Waals surface area contributed by atoms with Crippen molar-refractivity contribution >= 4 is 11.9 Å². The third-order valence-electron chi connectivity index (χ3n) is 4.33. The topological polar surface area (TPSA) is 57.6 Å². The van der Waals surface area contributed by atoms with E-state index in [1.807, 2.05) is 35.2 Å². The number of likely N-dealkylation sites (tertiary alicyclic amines) is 1. The number of carbonyl (C=O) groups excluding carboxylic acids is 1. The minimum absolute atomic E-state index is 0.00526. The van der Waals surface area contributed by atoms with Crippen molar-refractivity contribution in [2.45, 2.75) is 39.0 Å². The van der Waals surface area contributed by atoms with Gasteiger partial charge in [0.1, 0.15) is 0 Å². The monoisotopic (exact) mass is 303 g/mol. The number of hydrogen-bond donors (Lipinski definition) is 1. The van der Waals surface area contributed by atoms with Gasteiger partial charge in [-0.05, 0) is 23.8 Å². The van der Waals surface area contributed by atoms with Gasteiger partial charge in [-0.2, -0.15) is 0 Å². The maximum absolute atomic E-state index is 12.6. The molecule has 0 aromatic heterocycles. The molecular weight excluding hydrogens is 278 g/mol. The average Bonchev–Trinajstić information content (AvgIpc) is 2.46. The predicted octanol–water partition coefficient (Wildman–Crippen LogP) is 3.14. The van der Waals surface area contributed by atoms with Crippen LogP contribution in [0.2, 0.25) is 0 Å². The number of rotatable bonds is 5. The van der Waals surface area contributed by atoms with Gasteiger partial charge in [-0.25, -0.2) is 0 Å². The smallest absolute Gasteiger partial charge is 0.303 e. The Balaban J connectivity index is 2.06. The molecule has 2 rings (SSSR count). The summed E-state index contributed by atoms with van der Waals surface area (Å²) in [4.78, 5) is 25.6. The van der Waals surface area contributed by atoms with Crippen molar-refractivity contribution in [1.29, 1.82) is 0 Å². The van der Waals surface area contributed by atoms with E-state index in [0.29, 0.717) is 11.8 Å². The molecule has 1 aromatic carbocycles. The molecule has 0 unspecified atom stereocenters. The quantitative estimate of drug-likeness (QED) is 0.909. The third-order valence-corrected chi connectivity index (χ3v) is 4.33. The maximum atomic E-state index is 12.6. The number of carbonyl (C=O) groups is 2. The van der Waals surface area contributed by atoms with Gasteiger partial charge in [-0.15, -0.1) is 0 Å². The molecule has 1 aromatic rings. The number of carboxylic acids is 1. The Morgan fingerprint density at radius 3 is 2.27 bits per heavy atom. The molecule has 4 heteroatoms. The Morgan fingerprint density at radius 1 is 1.14 bits per heavy atom. The summed E-state index contributed by atoms with van der Waals surface area (Å²) in [6, 6.07) is 9.49. The van der Waals surface area contributed by atoms with Crippen LogP contribution in [-0.2, 0) is 9.59 Å². The fourth-order valence-electron chi connectivity index (χ4n) is 3.45. The lowest BCUT2D eigenvalue weighted by Gasteiger charge is -2.35. The molecule has 1 fully saturated rings. The third kappa shape index (κ3) is 4.58. The number of nitrogens with zero attached hydrogens (tertiary/aromatic N) is 1. The van der Waals surface area contributed by atoms with Crippen molar-refractivity contribution in [3.8, 4) is 0 Å². The van der Waals surface area contributed by atoms with Crippen molar-refractivity contribution < 1.29 is 14.7 Å². The van der Waals surface area contributed by atoms with Gasteiger partial charge in [0.05, 0.1) is 6.42 Å². The first-order valence-electron chi connectivity index (χ1n) is 8.00. The second kappa shape index (κ2) is 7.43. The SMILES string of the molecule is C[C@@H]1C[C@@H](C)CN(C(=O)C[C@@H](CC(=O)O)c2ccccc2)C1. The molecule has 4 nitrogen and oxygen atoms in total. The zero-order valence-corrected chi connectivity index (χ0v) is 13.4. The van der Waals surface area contributed by atoms with Crippen LogP contribution in [0.5, 0.6) is 0 Å². The van der Waals surface area contributed by atoms with E-state index in [-0.39, 0.29) is 24.7 Å². The first-order chi connectivity index (χ1) is 10.5. The minimum Gasteiger partial charge on any atom is -0.481 e. The van der Waals surface area contributed by atoms with Gasteiger partial charge in [0.15, 0.2) is 0 Å². The lowest BCUT2D eigenvalue weighted by atomic mass is 9.89. The summed E-state index contributed by atoms with van der Waals surface area (Å²) in [6.07, 6.45) is 1.42. The normalized spacial score (nSPS) is 23.1. The van der Waals surface area contributed by atoms with Gasteiger partial charge in [-0.3, -0.25) is 9.59 Å². The molecular formula is C18H25NO3. The van der Waals surface area contributed by atoms with Gasteiger partial charge < -0.3 is 10.0 Å². The highest BCUT2D eigenvalue weighted by Crippen LogP contribution is 2.27. The molecule has 120 valence electrons. The Morgan fingerprint density at radius 2 is 1.73 bits per heavy atom. The van der Waals surface area contributed by atoms with Crippen LogP contribution in [0.1, 0.15) is 44.6 Å². The van der Waals surface area contributed by atoms with E-state index >= 15 is 0 Å². The number of amides is 1. The van der Waals surface area contributed by atoms with Gasteiger partial charge >= 0.3 is 5.97 Å². The fourth-order valence-corrected chi connectivity index (χ4v) is 3.45. The fraction of sp³-hybridized carbons (Fsp3) is 0.556. The van der Waals surface area contributed by atoms with E-state index in [1.165, 1.54) is 0 Å². The molecule has 22 heavy (non-hydrogen) atoms. The number of hydrogen-bond acceptors (Lipinski definition) is 2. The minimum atomic E-state index is -0.859. The zero-order chi connectivity index (χ0) is 16.1. The molecule has 1 amide bonds. The predicted molar refractivity (Wildman–Crippen MR) is 85.6 cm³/mol. The second-order valence-corrected chi connectivity index (χ2v) is 6.65. The summed E-state index contributed by atoms with van der Waals surface area (Å²) < 4.78 is 0. The molecule has 1 aliphatic rings. The zero-order valence-electron chi connectivity index (χ0n) is 13.4. The summed E-state index contributed by atoms with van der Waals surface area (Å²) in [5.41, 5.74) is 0.927. The van der Waals surface area contributed by atoms with Crippen LogP contribution in [-0.4, -0.2) is 35.0 Å². The van der Waals surface area contributed by atoms with E-state index in [1.54, 1.807) is 0 Å². The lowest BCUT2D eigenvalue weighted by molar-refractivity contribution is -0.138. The Kier molecular flexibility index (Phi) is 5.58. The standard InChI is InChI=1S/C18H25NO3/c1-13-8-14(2)12-19(11-13)17(20)9-16(10-18(21)22)15-6-4-3-5-7-15/h3-7,13-14,16H,8-12H2,1-2H3,(H,21,22)/t13-,14-,16+/m1/s1. The molecule has 0 spiro atoms. The maximum Gasteiger partial charge on any atom is 0.303 e. The first-order valence-corrected chi connectivity index (χ1v) is 8.00. The van der Waals surface area contributed by atoms with Crippen LogP contribution in [0.25, 0.3) is 0 Å². The van der Waals surface area contributed by atoms with Gasteiger partial charge in [0.2, 0.25) is 5.91 Å². The largest absolute Gasteiger partial charge is 0.481 e. The molecule has 1 heterocycles. The second-order valence-electron chi connectivity index (χ2n) is 6.65. The lowest BCUT2D eigenvalue weighted by Crippen LogP contribution is -2.43. The highest BCUT2D eigenvalue weighted by atomic mass is 16.4. The van der Waals surface area contributed by atoms with Crippen molar-refractivity contribution in [1.82, 2.24) is 4.90 Å². The van der Waals surface area contributed by atoms with Crippen LogP contribution in [0.4, 0.5) is 0 Å². The van der Waals surface area contributed by atoms with E-state index < -0.39 is 5.97 Å². The molecule has 0 saturated carbocycles. The van der Waals surface area contributed by atoms with Gasteiger partial charge in [0, 0.05) is 25.4 Å². The van der Waals surface area contributed by atoms with Gasteiger partial charge in [-0.1, -0.05) is 44.2 Å². The van der Waals surface area contributed by atoms with Crippen molar-refractivity contribution in [3.63, 3.8) is 0 Å².